The minimum Gasteiger partial charge on any atom is -0.477 e. The van der Waals surface area contributed by atoms with E-state index >= 15 is 0 Å². The van der Waals surface area contributed by atoms with Crippen LogP contribution in [0.1, 0.15) is 22.5 Å². The Bertz CT molecular complexity index is 614. The lowest BCUT2D eigenvalue weighted by Crippen LogP contribution is -2.14. The molecule has 0 spiro atoms. The summed E-state index contributed by atoms with van der Waals surface area (Å²) < 4.78 is 0. The molecule has 102 valence electrons. The molecule has 2 aromatic heterocycles. The van der Waals surface area contributed by atoms with Crippen LogP contribution in [0.15, 0.2) is 42.7 Å². The summed E-state index contributed by atoms with van der Waals surface area (Å²) in [7, 11) is 0. The average molecular weight is 271 g/mol. The van der Waals surface area contributed by atoms with Gasteiger partial charge in [-0.3, -0.25) is 9.78 Å². The molecule has 0 fully saturated rings. The molecule has 0 radical (unpaired) electrons. The molecule has 0 unspecified atom stereocenters. The van der Waals surface area contributed by atoms with Crippen molar-refractivity contribution in [3.05, 3.63) is 54.0 Å². The molecule has 2 rings (SSSR count). The van der Waals surface area contributed by atoms with E-state index < -0.39 is 5.97 Å². The maximum atomic E-state index is 11.7. The number of pyridine rings is 2. The molecular formula is C14H13N3O3. The average Bonchev–Trinajstić information content (AvgIpc) is 2.46. The fraction of sp³-hybridized carbons (Fsp3) is 0.143. The van der Waals surface area contributed by atoms with Crippen molar-refractivity contribution in [1.82, 2.24) is 9.97 Å². The number of rotatable bonds is 5. The number of aromatic carboxylic acids is 1. The molecular weight excluding hydrogens is 258 g/mol. The van der Waals surface area contributed by atoms with Gasteiger partial charge < -0.3 is 10.4 Å². The second-order valence-corrected chi connectivity index (χ2v) is 4.12. The van der Waals surface area contributed by atoms with Crippen LogP contribution in [0.2, 0.25) is 0 Å². The van der Waals surface area contributed by atoms with E-state index in [0.717, 1.165) is 5.56 Å². The lowest BCUT2D eigenvalue weighted by atomic mass is 10.1. The van der Waals surface area contributed by atoms with Crippen molar-refractivity contribution in [2.45, 2.75) is 12.8 Å². The Morgan fingerprint density at radius 3 is 2.75 bits per heavy atom. The predicted octanol–water partition coefficient (Wildman–Crippen LogP) is 1.75. The quantitative estimate of drug-likeness (QED) is 0.864. The lowest BCUT2D eigenvalue weighted by Gasteiger charge is -2.05. The first-order chi connectivity index (χ1) is 9.65. The highest BCUT2D eigenvalue weighted by Gasteiger charge is 2.08. The van der Waals surface area contributed by atoms with E-state index in [1.54, 1.807) is 18.5 Å². The number of carboxylic acids is 1. The number of carbonyl (C=O) groups excluding carboxylic acids is 1. The van der Waals surface area contributed by atoms with E-state index in [0.29, 0.717) is 6.42 Å². The Morgan fingerprint density at radius 1 is 1.20 bits per heavy atom. The first-order valence-corrected chi connectivity index (χ1v) is 6.04. The molecule has 0 saturated carbocycles. The maximum absolute atomic E-state index is 11.7. The molecule has 0 atom stereocenters. The molecule has 0 bridgehead atoms. The number of carboxylic acid groups (broad SMARTS) is 1. The minimum absolute atomic E-state index is 0.102. The van der Waals surface area contributed by atoms with Gasteiger partial charge in [-0.1, -0.05) is 12.1 Å². The van der Waals surface area contributed by atoms with Gasteiger partial charge in [-0.05, 0) is 30.2 Å². The van der Waals surface area contributed by atoms with Crippen LogP contribution in [0.5, 0.6) is 0 Å². The van der Waals surface area contributed by atoms with Crippen molar-refractivity contribution in [3.8, 4) is 0 Å². The Kier molecular flexibility index (Phi) is 4.39. The third-order valence-corrected chi connectivity index (χ3v) is 2.60. The van der Waals surface area contributed by atoms with Crippen LogP contribution in [0.3, 0.4) is 0 Å². The fourth-order valence-corrected chi connectivity index (χ4v) is 1.63. The number of hydrogen-bond acceptors (Lipinski definition) is 4. The van der Waals surface area contributed by atoms with E-state index in [1.165, 1.54) is 12.1 Å². The molecule has 0 aliphatic rings. The highest BCUT2D eigenvalue weighted by atomic mass is 16.4. The largest absolute Gasteiger partial charge is 0.477 e. The molecule has 0 aromatic carbocycles. The van der Waals surface area contributed by atoms with Crippen molar-refractivity contribution in [3.63, 3.8) is 0 Å². The molecule has 6 heteroatoms. The first-order valence-electron chi connectivity index (χ1n) is 6.04. The molecule has 0 aliphatic carbocycles. The van der Waals surface area contributed by atoms with Crippen LogP contribution < -0.4 is 5.32 Å². The summed E-state index contributed by atoms with van der Waals surface area (Å²) >= 11 is 0. The summed E-state index contributed by atoms with van der Waals surface area (Å²) in [6.45, 7) is 0. The second kappa shape index (κ2) is 6.42. The SMILES string of the molecule is O=C(CCc1cccnc1)Nc1cccc(C(=O)O)n1. The molecule has 0 aliphatic heterocycles. The van der Waals surface area contributed by atoms with Gasteiger partial charge >= 0.3 is 5.97 Å². The van der Waals surface area contributed by atoms with Gasteiger partial charge in [0.15, 0.2) is 5.69 Å². The van der Waals surface area contributed by atoms with Gasteiger partial charge in [-0.15, -0.1) is 0 Å². The summed E-state index contributed by atoms with van der Waals surface area (Å²) in [4.78, 5) is 30.3. The molecule has 2 N–H and O–H groups in total. The zero-order valence-electron chi connectivity index (χ0n) is 10.6. The van der Waals surface area contributed by atoms with Crippen molar-refractivity contribution < 1.29 is 14.7 Å². The van der Waals surface area contributed by atoms with Gasteiger partial charge in [0.05, 0.1) is 0 Å². The molecule has 1 amide bonds. The van der Waals surface area contributed by atoms with E-state index in [-0.39, 0.29) is 23.8 Å². The van der Waals surface area contributed by atoms with E-state index in [2.05, 4.69) is 15.3 Å². The third kappa shape index (κ3) is 3.88. The highest BCUT2D eigenvalue weighted by molar-refractivity contribution is 5.91. The van der Waals surface area contributed by atoms with Crippen LogP contribution in [0.25, 0.3) is 0 Å². The second-order valence-electron chi connectivity index (χ2n) is 4.12. The monoisotopic (exact) mass is 271 g/mol. The zero-order valence-corrected chi connectivity index (χ0v) is 10.6. The van der Waals surface area contributed by atoms with Gasteiger partial charge in [0.2, 0.25) is 5.91 Å². The zero-order chi connectivity index (χ0) is 14.4. The van der Waals surface area contributed by atoms with Gasteiger partial charge in [-0.25, -0.2) is 9.78 Å². The summed E-state index contributed by atoms with van der Waals surface area (Å²) in [5.74, 6) is -1.11. The number of aromatic nitrogens is 2. The Morgan fingerprint density at radius 2 is 2.05 bits per heavy atom. The van der Waals surface area contributed by atoms with Crippen molar-refractivity contribution in [2.24, 2.45) is 0 Å². The van der Waals surface area contributed by atoms with Gasteiger partial charge in [0, 0.05) is 18.8 Å². The smallest absolute Gasteiger partial charge is 0.354 e. The van der Waals surface area contributed by atoms with Crippen molar-refractivity contribution in [2.75, 3.05) is 5.32 Å². The fourth-order valence-electron chi connectivity index (χ4n) is 1.63. The number of hydrogen-bond donors (Lipinski definition) is 2. The van der Waals surface area contributed by atoms with Crippen molar-refractivity contribution in [1.29, 1.82) is 0 Å². The standard InChI is InChI=1S/C14H13N3O3/c18-13(7-6-10-3-2-8-15-9-10)17-12-5-1-4-11(16-12)14(19)20/h1-5,8-9H,6-7H2,(H,19,20)(H,16,17,18). The number of carbonyl (C=O) groups is 2. The third-order valence-electron chi connectivity index (χ3n) is 2.60. The molecule has 20 heavy (non-hydrogen) atoms. The van der Waals surface area contributed by atoms with E-state index in [4.69, 9.17) is 5.11 Å². The Hall–Kier alpha value is -2.76. The predicted molar refractivity (Wildman–Crippen MR) is 72.4 cm³/mol. The maximum Gasteiger partial charge on any atom is 0.354 e. The number of nitrogens with zero attached hydrogens (tertiary/aromatic N) is 2. The highest BCUT2D eigenvalue weighted by Crippen LogP contribution is 2.07. The number of amides is 1. The van der Waals surface area contributed by atoms with E-state index in [1.807, 2.05) is 12.1 Å². The molecule has 2 heterocycles. The molecule has 6 nitrogen and oxygen atoms in total. The Balaban J connectivity index is 1.91. The normalized spacial score (nSPS) is 10.0. The molecule has 2 aromatic rings. The topological polar surface area (TPSA) is 92.2 Å². The minimum atomic E-state index is -1.13. The number of aryl methyl sites for hydroxylation is 1. The van der Waals surface area contributed by atoms with Crippen LogP contribution >= 0.6 is 0 Å². The summed E-state index contributed by atoms with van der Waals surface area (Å²) in [5.41, 5.74) is 0.866. The molecule has 0 saturated heterocycles. The summed E-state index contributed by atoms with van der Waals surface area (Å²) in [5, 5.41) is 11.4. The lowest BCUT2D eigenvalue weighted by molar-refractivity contribution is -0.116. The van der Waals surface area contributed by atoms with Gasteiger partial charge in [0.25, 0.3) is 0 Å². The van der Waals surface area contributed by atoms with Crippen molar-refractivity contribution >= 4 is 17.7 Å². The van der Waals surface area contributed by atoms with E-state index in [9.17, 15) is 9.59 Å². The van der Waals surface area contributed by atoms with Gasteiger partial charge in [0.1, 0.15) is 5.82 Å². The Labute approximate surface area is 115 Å². The van der Waals surface area contributed by atoms with Crippen LogP contribution in [-0.4, -0.2) is 27.0 Å². The summed E-state index contributed by atoms with van der Waals surface area (Å²) in [6, 6.07) is 8.16. The van der Waals surface area contributed by atoms with Crippen LogP contribution in [0.4, 0.5) is 5.82 Å². The van der Waals surface area contributed by atoms with Crippen LogP contribution in [0, 0.1) is 0 Å². The first kappa shape index (κ1) is 13.7. The summed E-state index contributed by atoms with van der Waals surface area (Å²) in [6.07, 6.45) is 4.23. The van der Waals surface area contributed by atoms with Crippen LogP contribution in [-0.2, 0) is 11.2 Å². The number of anilines is 1. The number of nitrogens with one attached hydrogen (secondary N) is 1. The van der Waals surface area contributed by atoms with Gasteiger partial charge in [-0.2, -0.15) is 0 Å².